The van der Waals surface area contributed by atoms with Crippen LogP contribution >= 0.6 is 0 Å². The third-order valence-corrected chi connectivity index (χ3v) is 4.92. The molecule has 0 saturated carbocycles. The van der Waals surface area contributed by atoms with Gasteiger partial charge in [0.05, 0.1) is 0 Å². The average Bonchev–Trinajstić information content (AvgIpc) is 2.67. The van der Waals surface area contributed by atoms with Crippen molar-refractivity contribution in [3.63, 3.8) is 0 Å². The normalized spacial score (nSPS) is 10.5. The van der Waals surface area contributed by atoms with Gasteiger partial charge >= 0.3 is 0 Å². The van der Waals surface area contributed by atoms with E-state index in [9.17, 15) is 10.2 Å². The predicted octanol–water partition coefficient (Wildman–Crippen LogP) is 6.96. The summed E-state index contributed by atoms with van der Waals surface area (Å²) in [6.07, 6.45) is 9.08. The number of hydrogen-bond acceptors (Lipinski definition) is 2. The van der Waals surface area contributed by atoms with Gasteiger partial charge in [0.25, 0.3) is 0 Å². The van der Waals surface area contributed by atoms with Gasteiger partial charge in [-0.3, -0.25) is 0 Å². The maximum absolute atomic E-state index is 10.2. The highest BCUT2D eigenvalue weighted by Gasteiger charge is 2.15. The summed E-state index contributed by atoms with van der Waals surface area (Å²) in [5.41, 5.74) is 6.57. The highest BCUT2D eigenvalue weighted by Crippen LogP contribution is 2.35. The van der Waals surface area contributed by atoms with Crippen LogP contribution in [0, 0.1) is 0 Å². The molecule has 0 bridgehead atoms. The second kappa shape index (κ2) is 10.6. The van der Waals surface area contributed by atoms with E-state index in [1.54, 1.807) is 12.1 Å². The molecule has 0 amide bonds. The summed E-state index contributed by atoms with van der Waals surface area (Å²) in [5, 5.41) is 20.4. The number of hydrogen-bond donors (Lipinski definition) is 2. The first-order valence-corrected chi connectivity index (χ1v) is 10.1. The van der Waals surface area contributed by atoms with Crippen molar-refractivity contribution in [1.82, 2.24) is 0 Å². The van der Waals surface area contributed by atoms with E-state index in [0.29, 0.717) is 24.3 Å². The molecule has 0 saturated heterocycles. The van der Waals surface area contributed by atoms with E-state index in [-0.39, 0.29) is 0 Å². The lowest BCUT2D eigenvalue weighted by Crippen LogP contribution is -1.98. The number of phenols is 2. The predicted molar refractivity (Wildman–Crippen MR) is 120 cm³/mol. The molecule has 0 spiro atoms. The molecule has 2 nitrogen and oxygen atoms in total. The van der Waals surface area contributed by atoms with Crippen molar-refractivity contribution in [2.45, 2.75) is 52.4 Å². The molecular formula is C26H32O2. The second-order valence-corrected chi connectivity index (χ2v) is 7.15. The van der Waals surface area contributed by atoms with Crippen molar-refractivity contribution in [3.05, 3.63) is 89.5 Å². The lowest BCUT2D eigenvalue weighted by Gasteiger charge is -2.18. The molecule has 0 heterocycles. The highest BCUT2D eigenvalue weighted by atomic mass is 16.3. The quantitative estimate of drug-likeness (QED) is 0.440. The summed E-state index contributed by atoms with van der Waals surface area (Å²) < 4.78 is 0. The summed E-state index contributed by atoms with van der Waals surface area (Å²) in [6, 6.07) is 11.7. The molecule has 0 aliphatic rings. The van der Waals surface area contributed by atoms with Gasteiger partial charge in [0.1, 0.15) is 11.5 Å². The minimum Gasteiger partial charge on any atom is -0.508 e. The zero-order valence-corrected chi connectivity index (χ0v) is 17.2. The fourth-order valence-corrected chi connectivity index (χ4v) is 3.67. The fraction of sp³-hybridized carbons (Fsp3) is 0.308. The number of allylic oxidation sites excluding steroid dienone is 3. The van der Waals surface area contributed by atoms with Gasteiger partial charge in [-0.25, -0.2) is 0 Å². The van der Waals surface area contributed by atoms with Gasteiger partial charge in [0.15, 0.2) is 0 Å². The van der Waals surface area contributed by atoms with Gasteiger partial charge in [-0.2, -0.15) is 0 Å². The van der Waals surface area contributed by atoms with Crippen LogP contribution in [0.5, 0.6) is 11.5 Å². The Morgan fingerprint density at radius 1 is 0.786 bits per heavy atom. The second-order valence-electron chi connectivity index (χ2n) is 7.15. The molecule has 0 atom stereocenters. The largest absolute Gasteiger partial charge is 0.508 e. The molecule has 0 aromatic heterocycles. The summed E-state index contributed by atoms with van der Waals surface area (Å²) in [5.74, 6) is 0.599. The van der Waals surface area contributed by atoms with Crippen molar-refractivity contribution >= 4 is 5.57 Å². The molecule has 28 heavy (non-hydrogen) atoms. The summed E-state index contributed by atoms with van der Waals surface area (Å²) in [6.45, 7) is 12.0. The van der Waals surface area contributed by atoms with Crippen molar-refractivity contribution in [1.29, 1.82) is 0 Å². The minimum atomic E-state index is 0.300. The van der Waals surface area contributed by atoms with E-state index < -0.39 is 0 Å². The number of aromatic hydroxyl groups is 2. The van der Waals surface area contributed by atoms with E-state index in [2.05, 4.69) is 39.1 Å². The van der Waals surface area contributed by atoms with E-state index in [1.807, 2.05) is 24.3 Å². The maximum atomic E-state index is 10.2. The van der Waals surface area contributed by atoms with Crippen molar-refractivity contribution < 1.29 is 10.2 Å². The number of benzene rings is 2. The van der Waals surface area contributed by atoms with E-state index >= 15 is 0 Å². The van der Waals surface area contributed by atoms with Crippen LogP contribution in [-0.4, -0.2) is 10.2 Å². The molecule has 2 aromatic carbocycles. The van der Waals surface area contributed by atoms with Crippen LogP contribution in [0.4, 0.5) is 0 Å². The van der Waals surface area contributed by atoms with Gasteiger partial charge in [-0.1, -0.05) is 56.5 Å². The van der Waals surface area contributed by atoms with Crippen LogP contribution in [-0.2, 0) is 12.8 Å². The molecule has 0 fully saturated rings. The Labute approximate surface area is 169 Å². The Balaban J connectivity index is 2.73. The Morgan fingerprint density at radius 2 is 1.21 bits per heavy atom. The van der Waals surface area contributed by atoms with Crippen molar-refractivity contribution in [2.75, 3.05) is 0 Å². The molecule has 0 radical (unpaired) electrons. The van der Waals surface area contributed by atoms with Crippen LogP contribution < -0.4 is 0 Å². The number of rotatable bonds is 10. The maximum Gasteiger partial charge on any atom is 0.119 e. The van der Waals surface area contributed by atoms with Crippen LogP contribution in [0.3, 0.4) is 0 Å². The molecule has 0 unspecified atom stereocenters. The lowest BCUT2D eigenvalue weighted by atomic mass is 9.87. The van der Waals surface area contributed by atoms with Gasteiger partial charge in [-0.05, 0) is 77.8 Å². The summed E-state index contributed by atoms with van der Waals surface area (Å²) in [7, 11) is 0. The van der Waals surface area contributed by atoms with Crippen LogP contribution in [0.15, 0.2) is 67.3 Å². The number of phenolic OH excluding ortho intramolecular Hbond substituents is 2. The Hall–Kier alpha value is -2.74. The third kappa shape index (κ3) is 5.16. The molecule has 2 aromatic rings. The SMILES string of the molecule is C=CCc1cc(C(=C(CCC)CCC)c2ccc(O)c(CC=C)c2)ccc1O. The standard InChI is InChI=1S/C26H32O2/c1-5-9-19(10-6-2)26(22-13-15-24(27)20(17-22)11-7-3)23-14-16-25(28)21(18-23)12-8-4/h7-8,13-18,27-28H,3-6,9-12H2,1-2H3. The summed E-state index contributed by atoms with van der Waals surface area (Å²) in [4.78, 5) is 0. The Morgan fingerprint density at radius 3 is 1.57 bits per heavy atom. The van der Waals surface area contributed by atoms with E-state index in [4.69, 9.17) is 0 Å². The van der Waals surface area contributed by atoms with Crippen molar-refractivity contribution in [3.8, 4) is 11.5 Å². The zero-order chi connectivity index (χ0) is 20.5. The first kappa shape index (κ1) is 21.6. The van der Waals surface area contributed by atoms with Crippen LogP contribution in [0.25, 0.3) is 5.57 Å². The molecule has 2 heteroatoms. The Kier molecular flexibility index (Phi) is 8.13. The first-order valence-electron chi connectivity index (χ1n) is 10.1. The molecule has 2 rings (SSSR count). The molecule has 0 aliphatic heterocycles. The molecule has 0 aliphatic carbocycles. The lowest BCUT2D eigenvalue weighted by molar-refractivity contribution is 0.469. The van der Waals surface area contributed by atoms with E-state index in [1.165, 1.54) is 11.1 Å². The Bertz CT molecular complexity index is 789. The fourth-order valence-electron chi connectivity index (χ4n) is 3.67. The molecular weight excluding hydrogens is 344 g/mol. The van der Waals surface area contributed by atoms with E-state index in [0.717, 1.165) is 47.9 Å². The summed E-state index contributed by atoms with van der Waals surface area (Å²) >= 11 is 0. The van der Waals surface area contributed by atoms with Crippen molar-refractivity contribution in [2.24, 2.45) is 0 Å². The van der Waals surface area contributed by atoms with Gasteiger partial charge in [-0.15, -0.1) is 13.2 Å². The van der Waals surface area contributed by atoms with Gasteiger partial charge in [0, 0.05) is 0 Å². The topological polar surface area (TPSA) is 40.5 Å². The average molecular weight is 377 g/mol. The van der Waals surface area contributed by atoms with Crippen LogP contribution in [0.2, 0.25) is 0 Å². The minimum absolute atomic E-state index is 0.300. The van der Waals surface area contributed by atoms with Gasteiger partial charge < -0.3 is 10.2 Å². The zero-order valence-electron chi connectivity index (χ0n) is 17.2. The first-order chi connectivity index (χ1) is 13.5. The molecule has 2 N–H and O–H groups in total. The highest BCUT2D eigenvalue weighted by molar-refractivity contribution is 5.83. The monoisotopic (exact) mass is 376 g/mol. The third-order valence-electron chi connectivity index (χ3n) is 4.92. The molecule has 148 valence electrons. The van der Waals surface area contributed by atoms with Gasteiger partial charge in [0.2, 0.25) is 0 Å². The van der Waals surface area contributed by atoms with Crippen LogP contribution in [0.1, 0.15) is 61.8 Å². The smallest absolute Gasteiger partial charge is 0.119 e.